The third kappa shape index (κ3) is 7.85. The lowest BCUT2D eigenvalue weighted by Gasteiger charge is -2.05. The molecule has 1 saturated heterocycles. The second kappa shape index (κ2) is 9.82. The van der Waals surface area contributed by atoms with Crippen LogP contribution in [0.4, 0.5) is 0 Å². The van der Waals surface area contributed by atoms with Gasteiger partial charge in [0.2, 0.25) is 0 Å². The Hall–Kier alpha value is -1.06. The van der Waals surface area contributed by atoms with Crippen molar-refractivity contribution < 1.29 is 19.4 Å². The monoisotopic (exact) mass is 270 g/mol. The molecule has 0 aliphatic carbocycles. The highest BCUT2D eigenvalue weighted by Crippen LogP contribution is 2.21. The summed E-state index contributed by atoms with van der Waals surface area (Å²) >= 11 is 0. The number of hydrogen-bond acceptors (Lipinski definition) is 3. The van der Waals surface area contributed by atoms with Crippen LogP contribution >= 0.6 is 0 Å². The summed E-state index contributed by atoms with van der Waals surface area (Å²) in [6.07, 6.45) is 11.1. The molecule has 0 bridgehead atoms. The molecule has 0 saturated carbocycles. The fraction of sp³-hybridized carbons (Fsp3) is 0.867. The van der Waals surface area contributed by atoms with E-state index in [1.807, 2.05) is 0 Å². The van der Waals surface area contributed by atoms with E-state index in [1.54, 1.807) is 0 Å². The van der Waals surface area contributed by atoms with Crippen LogP contribution in [0, 0.1) is 5.92 Å². The molecule has 0 spiro atoms. The Morgan fingerprint density at radius 2 is 1.63 bits per heavy atom. The third-order valence-corrected chi connectivity index (χ3v) is 3.74. The number of aliphatic carboxylic acids is 1. The average molecular weight is 270 g/mol. The van der Waals surface area contributed by atoms with Crippen molar-refractivity contribution in [2.24, 2.45) is 5.92 Å². The highest BCUT2D eigenvalue weighted by Gasteiger charge is 2.25. The van der Waals surface area contributed by atoms with Crippen LogP contribution in [0.15, 0.2) is 0 Å². The van der Waals surface area contributed by atoms with Crippen LogP contribution in [0.1, 0.15) is 70.6 Å². The predicted molar refractivity (Wildman–Crippen MR) is 72.9 cm³/mol. The first-order chi connectivity index (χ1) is 9.20. The lowest BCUT2D eigenvalue weighted by Crippen LogP contribution is -2.06. The highest BCUT2D eigenvalue weighted by molar-refractivity contribution is 5.73. The zero-order valence-corrected chi connectivity index (χ0v) is 11.7. The van der Waals surface area contributed by atoms with E-state index in [0.717, 1.165) is 38.5 Å². The van der Waals surface area contributed by atoms with Gasteiger partial charge in [0, 0.05) is 6.42 Å². The summed E-state index contributed by atoms with van der Waals surface area (Å²) < 4.78 is 4.93. The van der Waals surface area contributed by atoms with Gasteiger partial charge >= 0.3 is 11.9 Å². The highest BCUT2D eigenvalue weighted by atomic mass is 16.5. The number of ether oxygens (including phenoxy) is 1. The summed E-state index contributed by atoms with van der Waals surface area (Å²) in [5.74, 6) is -0.528. The average Bonchev–Trinajstić information content (AvgIpc) is 2.77. The quantitative estimate of drug-likeness (QED) is 0.461. The van der Waals surface area contributed by atoms with Gasteiger partial charge in [-0.3, -0.25) is 9.59 Å². The van der Waals surface area contributed by atoms with E-state index in [1.165, 1.54) is 25.7 Å². The molecule has 1 N–H and O–H groups in total. The van der Waals surface area contributed by atoms with Gasteiger partial charge in [0.15, 0.2) is 0 Å². The topological polar surface area (TPSA) is 63.6 Å². The maximum atomic E-state index is 11.2. The number of carbonyl (C=O) groups excluding carboxylic acids is 1. The van der Waals surface area contributed by atoms with E-state index < -0.39 is 5.97 Å². The van der Waals surface area contributed by atoms with Gasteiger partial charge < -0.3 is 9.84 Å². The minimum atomic E-state index is -0.689. The van der Waals surface area contributed by atoms with Crippen molar-refractivity contribution in [2.75, 3.05) is 6.61 Å². The van der Waals surface area contributed by atoms with Crippen LogP contribution in [0.2, 0.25) is 0 Å². The number of carbonyl (C=O) groups is 2. The van der Waals surface area contributed by atoms with Crippen molar-refractivity contribution >= 4 is 11.9 Å². The summed E-state index contributed by atoms with van der Waals surface area (Å²) in [4.78, 5) is 21.5. The standard InChI is InChI=1S/C15H26O4/c16-14(17)10-8-6-4-2-1-3-5-7-9-13-11-12-19-15(13)18/h13H,1-12H2,(H,16,17). The first-order valence-corrected chi connectivity index (χ1v) is 7.58. The first-order valence-electron chi connectivity index (χ1n) is 7.58. The van der Waals surface area contributed by atoms with Gasteiger partial charge in [0.05, 0.1) is 12.5 Å². The summed E-state index contributed by atoms with van der Waals surface area (Å²) in [6, 6.07) is 0. The van der Waals surface area contributed by atoms with Crippen LogP contribution < -0.4 is 0 Å². The molecule has 1 unspecified atom stereocenters. The Balaban J connectivity index is 1.78. The Morgan fingerprint density at radius 1 is 1.05 bits per heavy atom. The minimum Gasteiger partial charge on any atom is -0.481 e. The molecule has 1 atom stereocenters. The number of cyclic esters (lactones) is 1. The van der Waals surface area contributed by atoms with Crippen molar-refractivity contribution in [3.05, 3.63) is 0 Å². The lowest BCUT2D eigenvalue weighted by molar-refractivity contribution is -0.141. The van der Waals surface area contributed by atoms with Crippen molar-refractivity contribution in [1.29, 1.82) is 0 Å². The van der Waals surface area contributed by atoms with Crippen molar-refractivity contribution in [3.8, 4) is 0 Å². The van der Waals surface area contributed by atoms with E-state index in [9.17, 15) is 9.59 Å². The molecule has 19 heavy (non-hydrogen) atoms. The summed E-state index contributed by atoms with van der Waals surface area (Å²) in [5, 5.41) is 8.49. The van der Waals surface area contributed by atoms with E-state index >= 15 is 0 Å². The number of rotatable bonds is 11. The van der Waals surface area contributed by atoms with E-state index in [2.05, 4.69) is 0 Å². The molecule has 0 amide bonds. The fourth-order valence-electron chi connectivity index (χ4n) is 2.53. The largest absolute Gasteiger partial charge is 0.481 e. The molecule has 0 aromatic carbocycles. The normalized spacial score (nSPS) is 18.5. The predicted octanol–water partition coefficient (Wildman–Crippen LogP) is 3.54. The molecular formula is C15H26O4. The van der Waals surface area contributed by atoms with Crippen molar-refractivity contribution in [3.63, 3.8) is 0 Å². The van der Waals surface area contributed by atoms with Crippen LogP contribution in [-0.2, 0) is 14.3 Å². The lowest BCUT2D eigenvalue weighted by atomic mass is 9.99. The molecule has 1 rings (SSSR count). The van der Waals surface area contributed by atoms with Crippen LogP contribution in [0.25, 0.3) is 0 Å². The summed E-state index contributed by atoms with van der Waals surface area (Å²) in [5.41, 5.74) is 0. The number of carboxylic acids is 1. The van der Waals surface area contributed by atoms with Crippen LogP contribution in [0.5, 0.6) is 0 Å². The van der Waals surface area contributed by atoms with Crippen LogP contribution in [-0.4, -0.2) is 23.7 Å². The molecule has 110 valence electrons. The zero-order chi connectivity index (χ0) is 13.9. The Bertz CT molecular complexity index is 275. The van der Waals surface area contributed by atoms with Gasteiger partial charge in [-0.2, -0.15) is 0 Å². The van der Waals surface area contributed by atoms with Gasteiger partial charge in [-0.05, 0) is 19.3 Å². The molecule has 1 aliphatic heterocycles. The zero-order valence-electron chi connectivity index (χ0n) is 11.7. The second-order valence-electron chi connectivity index (χ2n) is 5.41. The molecular weight excluding hydrogens is 244 g/mol. The van der Waals surface area contributed by atoms with Gasteiger partial charge in [-0.15, -0.1) is 0 Å². The molecule has 0 radical (unpaired) electrons. The van der Waals surface area contributed by atoms with Gasteiger partial charge in [0.1, 0.15) is 0 Å². The molecule has 4 heteroatoms. The molecule has 4 nitrogen and oxygen atoms in total. The molecule has 1 fully saturated rings. The van der Waals surface area contributed by atoms with Gasteiger partial charge in [-0.25, -0.2) is 0 Å². The van der Waals surface area contributed by atoms with E-state index in [0.29, 0.717) is 13.0 Å². The number of carboxylic acid groups (broad SMARTS) is 1. The summed E-state index contributed by atoms with van der Waals surface area (Å²) in [7, 11) is 0. The van der Waals surface area contributed by atoms with Gasteiger partial charge in [0.25, 0.3) is 0 Å². The number of unbranched alkanes of at least 4 members (excludes halogenated alkanes) is 7. The maximum absolute atomic E-state index is 11.2. The minimum absolute atomic E-state index is 0.00145. The smallest absolute Gasteiger partial charge is 0.309 e. The number of esters is 1. The SMILES string of the molecule is O=C(O)CCCCCCCCCCC1CCOC1=O. The van der Waals surface area contributed by atoms with E-state index in [4.69, 9.17) is 9.84 Å². The Labute approximate surface area is 115 Å². The van der Waals surface area contributed by atoms with E-state index in [-0.39, 0.29) is 11.9 Å². The second-order valence-corrected chi connectivity index (χ2v) is 5.41. The fourth-order valence-corrected chi connectivity index (χ4v) is 2.53. The Morgan fingerprint density at radius 3 is 2.16 bits per heavy atom. The molecule has 1 heterocycles. The third-order valence-electron chi connectivity index (χ3n) is 3.74. The number of hydrogen-bond donors (Lipinski definition) is 1. The van der Waals surface area contributed by atoms with Crippen molar-refractivity contribution in [2.45, 2.75) is 70.6 Å². The van der Waals surface area contributed by atoms with Crippen LogP contribution in [0.3, 0.4) is 0 Å². The first kappa shape index (κ1) is 16.0. The molecule has 0 aromatic rings. The molecule has 0 aromatic heterocycles. The molecule has 1 aliphatic rings. The Kier molecular flexibility index (Phi) is 8.26. The van der Waals surface area contributed by atoms with Crippen molar-refractivity contribution in [1.82, 2.24) is 0 Å². The van der Waals surface area contributed by atoms with Gasteiger partial charge in [-0.1, -0.05) is 44.9 Å². The summed E-state index contributed by atoms with van der Waals surface area (Å²) in [6.45, 7) is 0.611. The maximum Gasteiger partial charge on any atom is 0.309 e.